The highest BCUT2D eigenvalue weighted by Gasteiger charge is 2.41. The van der Waals surface area contributed by atoms with Gasteiger partial charge >= 0.3 is 24.1 Å². The number of carbonyl (C=O) groups excluding carboxylic acids is 7. The van der Waals surface area contributed by atoms with Crippen LogP contribution in [-0.4, -0.2) is 147 Å². The SMILES string of the molecule is COC(=O)[C@@H](CCCCCC[C@@H]1SC[C@@H]2CC(N)=N[C@@H]21)CCCCCC(=O)c1cc(NC(=O)NCCOCCOCCNC(=O)OCc2ccccc2)cc(C(=O)CCCCC[C@H](CC(=O)CCCC[C@@H]2SC[C@@H]3NC(N)=N[C@@H]32)C(=O)OC)c1. The summed E-state index contributed by atoms with van der Waals surface area (Å²) in [5.41, 5.74) is 13.7. The molecule has 4 aliphatic rings. The standard InChI is InChI=1S/C62H92N8O12S2/c1-78-58(74)43(20-10-3-4-15-26-53-56-47(40-83-53)38-55(63)69-56)21-11-6-13-24-51(72)45-34-46(36-48(35-45)67-61(76)65-28-30-80-32-33-81-31-29-66-62(77)82-39-42-18-8-5-9-19-42)52(73)25-14-7-12-22-44(59(75)79-2)37-49(71)23-16-17-27-54-57-50(41-84-54)68-60(64)70-57/h5,8-9,18-19,34-36,43-44,47,50,53-54,56-57H,3-4,6-7,10-17,20-33,37-41H2,1-2H3,(H2,63,69)(H,66,77)(H3,64,68,70)(H2,65,67,76)/t43-,44+,47-,50-,53-,54-,56-,57-/m0/s1. The Morgan fingerprint density at radius 2 is 1.21 bits per heavy atom. The molecule has 6 rings (SSSR count). The lowest BCUT2D eigenvalue weighted by Crippen LogP contribution is -2.38. The first-order valence-corrected chi connectivity index (χ1v) is 32.6. The second-order valence-corrected chi connectivity index (χ2v) is 25.0. The number of nitrogens with two attached hydrogens (primary N) is 2. The number of ether oxygens (including phenoxy) is 5. The first kappa shape index (κ1) is 67.4. The number of methoxy groups -OCH3 is 2. The second kappa shape index (κ2) is 37.7. The maximum absolute atomic E-state index is 13.8. The number of esters is 2. The molecule has 20 nitrogen and oxygen atoms in total. The second-order valence-electron chi connectivity index (χ2n) is 22.4. The van der Waals surface area contributed by atoms with Gasteiger partial charge in [0.25, 0.3) is 0 Å². The highest BCUT2D eigenvalue weighted by atomic mass is 32.2. The van der Waals surface area contributed by atoms with Gasteiger partial charge in [0, 0.05) is 78.3 Å². The van der Waals surface area contributed by atoms with Gasteiger partial charge < -0.3 is 56.4 Å². The number of carbonyl (C=O) groups is 7. The third-order valence-corrected chi connectivity index (χ3v) is 19.0. The van der Waals surface area contributed by atoms with Crippen LogP contribution in [0, 0.1) is 17.8 Å². The van der Waals surface area contributed by atoms with Crippen LogP contribution in [0.5, 0.6) is 0 Å². The van der Waals surface area contributed by atoms with Gasteiger partial charge in [-0.25, -0.2) is 14.6 Å². The Bertz CT molecular complexity index is 2490. The number of benzene rings is 2. The molecule has 0 radical (unpaired) electrons. The quantitative estimate of drug-likeness (QED) is 0.0156. The highest BCUT2D eigenvalue weighted by Crippen LogP contribution is 2.42. The van der Waals surface area contributed by atoms with E-state index in [1.807, 2.05) is 53.9 Å². The summed E-state index contributed by atoms with van der Waals surface area (Å²) in [5.74, 6) is 2.33. The van der Waals surface area contributed by atoms with Crippen molar-refractivity contribution in [1.82, 2.24) is 16.0 Å². The van der Waals surface area contributed by atoms with E-state index >= 15 is 0 Å². The molecule has 2 aromatic rings. The monoisotopic (exact) mass is 1200 g/mol. The summed E-state index contributed by atoms with van der Waals surface area (Å²) >= 11 is 3.93. The number of aliphatic imine (C=N–C) groups is 2. The van der Waals surface area contributed by atoms with Crippen molar-refractivity contribution in [2.24, 2.45) is 39.2 Å². The smallest absolute Gasteiger partial charge is 0.407 e. The van der Waals surface area contributed by atoms with Crippen molar-refractivity contribution >= 4 is 82.4 Å². The molecule has 2 fully saturated rings. The Morgan fingerprint density at radius 1 is 0.643 bits per heavy atom. The molecule has 0 unspecified atom stereocenters. The Morgan fingerprint density at radius 3 is 1.88 bits per heavy atom. The molecule has 0 aromatic heterocycles. The number of Topliss-reactive ketones (excluding diaryl/α,β-unsaturated/α-hetero) is 3. The van der Waals surface area contributed by atoms with Crippen molar-refractivity contribution in [2.45, 2.75) is 176 Å². The number of thioether (sulfide) groups is 2. The van der Waals surface area contributed by atoms with Gasteiger partial charge in [0.05, 0.1) is 76.4 Å². The fourth-order valence-electron chi connectivity index (χ4n) is 11.4. The average molecular weight is 1210 g/mol. The Balaban J connectivity index is 0.910. The van der Waals surface area contributed by atoms with Crippen LogP contribution in [0.15, 0.2) is 58.5 Å². The summed E-state index contributed by atoms with van der Waals surface area (Å²) in [7, 11) is 2.76. The van der Waals surface area contributed by atoms with E-state index in [2.05, 4.69) is 26.3 Å². The number of hydrogen-bond acceptors (Lipinski definition) is 19. The van der Waals surface area contributed by atoms with Crippen LogP contribution in [0.1, 0.15) is 168 Å². The zero-order chi connectivity index (χ0) is 59.9. The van der Waals surface area contributed by atoms with E-state index in [0.717, 1.165) is 100.0 Å². The Labute approximate surface area is 504 Å². The molecule has 8 N–H and O–H groups in total. The molecule has 0 bridgehead atoms. The van der Waals surface area contributed by atoms with Gasteiger partial charge in [-0.15, -0.1) is 0 Å². The summed E-state index contributed by atoms with van der Waals surface area (Å²) in [4.78, 5) is 100. The van der Waals surface area contributed by atoms with Crippen molar-refractivity contribution in [3.05, 3.63) is 65.2 Å². The molecule has 0 saturated carbocycles. The predicted octanol–water partition coefficient (Wildman–Crippen LogP) is 9.10. The number of fused-ring (bicyclic) bond motifs is 2. The van der Waals surface area contributed by atoms with E-state index in [9.17, 15) is 33.6 Å². The van der Waals surface area contributed by atoms with Crippen molar-refractivity contribution in [2.75, 3.05) is 70.6 Å². The summed E-state index contributed by atoms with van der Waals surface area (Å²) in [5, 5.41) is 12.3. The van der Waals surface area contributed by atoms with Gasteiger partial charge in [0.1, 0.15) is 12.4 Å². The van der Waals surface area contributed by atoms with Crippen LogP contribution in [-0.2, 0) is 44.7 Å². The minimum atomic E-state index is -0.560. The molecule has 2 aromatic carbocycles. The van der Waals surface area contributed by atoms with E-state index < -0.39 is 24.0 Å². The summed E-state index contributed by atoms with van der Waals surface area (Å²) in [6.07, 6.45) is 15.0. The summed E-state index contributed by atoms with van der Waals surface area (Å²) < 4.78 is 26.5. The van der Waals surface area contributed by atoms with Crippen LogP contribution >= 0.6 is 23.5 Å². The number of alkyl carbamates (subject to hydrolysis) is 1. The van der Waals surface area contributed by atoms with Crippen LogP contribution < -0.4 is 32.7 Å². The topological polar surface area (TPSA) is 291 Å². The van der Waals surface area contributed by atoms with Crippen molar-refractivity contribution in [3.8, 4) is 0 Å². The normalized spacial score (nSPS) is 20.1. The predicted molar refractivity (Wildman–Crippen MR) is 330 cm³/mol. The van der Waals surface area contributed by atoms with Crippen molar-refractivity contribution in [1.29, 1.82) is 0 Å². The third-order valence-electron chi connectivity index (χ3n) is 16.0. The average Bonchev–Trinajstić information content (AvgIpc) is 3.91. The first-order chi connectivity index (χ1) is 40.8. The van der Waals surface area contributed by atoms with Gasteiger partial charge in [-0.1, -0.05) is 88.1 Å². The lowest BCUT2D eigenvalue weighted by Gasteiger charge is -2.16. The molecule has 22 heteroatoms. The largest absolute Gasteiger partial charge is 0.469 e. The summed E-state index contributed by atoms with van der Waals surface area (Å²) in [6, 6.07) is 14.4. The Hall–Kier alpha value is -5.71. The minimum absolute atomic E-state index is 0.0326. The van der Waals surface area contributed by atoms with Crippen LogP contribution in [0.3, 0.4) is 0 Å². The number of anilines is 1. The molecule has 3 amide bonds. The fourth-order valence-corrected chi connectivity index (χ4v) is 14.5. The Kier molecular flexibility index (Phi) is 30.2. The molecule has 2 saturated heterocycles. The number of nitrogens with zero attached hydrogens (tertiary/aromatic N) is 2. The molecular weight excluding hydrogens is 1110 g/mol. The number of guanidine groups is 1. The number of amides is 3. The van der Waals surface area contributed by atoms with E-state index in [1.54, 1.807) is 18.2 Å². The zero-order valence-corrected chi connectivity index (χ0v) is 51.1. The number of ketones is 3. The van der Waals surface area contributed by atoms with Gasteiger partial charge in [-0.05, 0) is 86.8 Å². The maximum atomic E-state index is 13.8. The van der Waals surface area contributed by atoms with Crippen molar-refractivity contribution < 1.29 is 57.2 Å². The molecule has 0 aliphatic carbocycles. The van der Waals surface area contributed by atoms with Gasteiger partial charge in [-0.3, -0.25) is 29.0 Å². The number of unbranched alkanes of at least 4 members (excludes halogenated alkanes) is 8. The van der Waals surface area contributed by atoms with Crippen LogP contribution in [0.25, 0.3) is 0 Å². The number of urea groups is 1. The third kappa shape index (κ3) is 24.0. The molecular formula is C62H92N8O12S2. The fraction of sp³-hybridized carbons (Fsp3) is 0.661. The van der Waals surface area contributed by atoms with Crippen LogP contribution in [0.2, 0.25) is 0 Å². The van der Waals surface area contributed by atoms with Crippen molar-refractivity contribution in [3.63, 3.8) is 0 Å². The zero-order valence-electron chi connectivity index (χ0n) is 49.4. The van der Waals surface area contributed by atoms with Gasteiger partial charge in [0.2, 0.25) is 0 Å². The lowest BCUT2D eigenvalue weighted by molar-refractivity contribution is -0.147. The summed E-state index contributed by atoms with van der Waals surface area (Å²) in [6.45, 7) is 1.60. The molecule has 4 aliphatic heterocycles. The van der Waals surface area contributed by atoms with E-state index in [-0.39, 0.29) is 112 Å². The first-order valence-electron chi connectivity index (χ1n) is 30.5. The number of amidine groups is 1. The minimum Gasteiger partial charge on any atom is -0.469 e. The molecule has 0 spiro atoms. The highest BCUT2D eigenvalue weighted by molar-refractivity contribution is 8.00. The maximum Gasteiger partial charge on any atom is 0.407 e. The van der Waals surface area contributed by atoms with Crippen LogP contribution in [0.4, 0.5) is 15.3 Å². The number of nitrogens with one attached hydrogen (secondary N) is 4. The van der Waals surface area contributed by atoms with E-state index in [4.69, 9.17) is 40.1 Å². The molecule has 464 valence electrons. The molecule has 4 heterocycles. The number of rotatable bonds is 42. The number of hydrogen-bond donors (Lipinski definition) is 6. The van der Waals surface area contributed by atoms with Gasteiger partial charge in [-0.2, -0.15) is 23.5 Å². The molecule has 8 atom stereocenters. The van der Waals surface area contributed by atoms with E-state index in [0.29, 0.717) is 84.5 Å². The van der Waals surface area contributed by atoms with E-state index in [1.165, 1.54) is 14.2 Å². The lowest BCUT2D eigenvalue weighted by atomic mass is 9.92. The molecule has 84 heavy (non-hydrogen) atoms. The van der Waals surface area contributed by atoms with Gasteiger partial charge in [0.15, 0.2) is 17.5 Å².